The van der Waals surface area contributed by atoms with Crippen LogP contribution < -0.4 is 9.62 Å². The monoisotopic (exact) mass is 373 g/mol. The summed E-state index contributed by atoms with van der Waals surface area (Å²) in [5.41, 5.74) is 0. The van der Waals surface area contributed by atoms with E-state index in [9.17, 15) is 13.2 Å². The van der Waals surface area contributed by atoms with E-state index in [1.54, 1.807) is 11.6 Å². The number of thiazole rings is 1. The van der Waals surface area contributed by atoms with Crippen molar-refractivity contribution in [3.05, 3.63) is 27.9 Å². The molecule has 0 saturated carbocycles. The smallest absolute Gasteiger partial charge is 0.349 e. The largest absolute Gasteiger partial charge is 0.465 e. The number of rotatable bonds is 5. The molecule has 1 N–H and O–H groups in total. The summed E-state index contributed by atoms with van der Waals surface area (Å²) in [6.45, 7) is 1.30. The number of nitrogens with one attached hydrogen (secondary N) is 1. The number of sulfonamides is 1. The van der Waals surface area contributed by atoms with Crippen molar-refractivity contribution in [3.8, 4) is 0 Å². The summed E-state index contributed by atoms with van der Waals surface area (Å²) in [5, 5.41) is 4.34. The van der Waals surface area contributed by atoms with E-state index < -0.39 is 16.0 Å². The number of thiophene rings is 1. The Morgan fingerprint density at radius 2 is 2.26 bits per heavy atom. The van der Waals surface area contributed by atoms with E-state index in [2.05, 4.69) is 14.4 Å². The zero-order valence-electron chi connectivity index (χ0n) is 12.3. The molecule has 0 bridgehead atoms. The Morgan fingerprint density at radius 1 is 1.43 bits per heavy atom. The van der Waals surface area contributed by atoms with Gasteiger partial charge in [-0.15, -0.1) is 22.7 Å². The summed E-state index contributed by atoms with van der Waals surface area (Å²) in [6, 6.07) is 1.21. The number of methoxy groups -OCH3 is 1. The van der Waals surface area contributed by atoms with Crippen LogP contribution >= 0.6 is 22.7 Å². The average molecular weight is 373 g/mol. The highest BCUT2D eigenvalue weighted by Crippen LogP contribution is 2.26. The summed E-state index contributed by atoms with van der Waals surface area (Å²) in [4.78, 5) is 18.0. The first kappa shape index (κ1) is 16.4. The Bertz CT molecular complexity index is 785. The molecule has 1 unspecified atom stereocenters. The maximum Gasteiger partial charge on any atom is 0.349 e. The molecule has 0 aliphatic carbocycles. The fourth-order valence-corrected chi connectivity index (χ4v) is 5.71. The highest BCUT2D eigenvalue weighted by molar-refractivity contribution is 7.89. The van der Waals surface area contributed by atoms with Gasteiger partial charge in [-0.2, -0.15) is 0 Å². The first-order valence-electron chi connectivity index (χ1n) is 6.84. The van der Waals surface area contributed by atoms with Crippen molar-refractivity contribution in [2.75, 3.05) is 25.1 Å². The standard InChI is InChI=1S/C13H15N3O4S3/c1-20-12(17)11-10(3-6-21-11)23(18,19)15-9-2-5-16(8-9)13-14-4-7-22-13/h3-4,6-7,9,15H,2,5,8H2,1H3. The van der Waals surface area contributed by atoms with Gasteiger partial charge in [0.1, 0.15) is 9.77 Å². The molecule has 0 radical (unpaired) electrons. The average Bonchev–Trinajstić information content (AvgIpc) is 3.25. The van der Waals surface area contributed by atoms with Crippen LogP contribution in [0.15, 0.2) is 27.9 Å². The molecule has 0 amide bonds. The van der Waals surface area contributed by atoms with Gasteiger partial charge in [0.25, 0.3) is 0 Å². The third-order valence-corrected chi connectivity index (χ3v) is 6.91. The predicted octanol–water partition coefficient (Wildman–Crippen LogP) is 1.55. The molecular formula is C13H15N3O4S3. The van der Waals surface area contributed by atoms with E-state index in [1.165, 1.54) is 24.5 Å². The summed E-state index contributed by atoms with van der Waals surface area (Å²) in [6.07, 6.45) is 2.42. The number of ether oxygens (including phenoxy) is 1. The molecule has 23 heavy (non-hydrogen) atoms. The molecule has 1 fully saturated rings. The van der Waals surface area contributed by atoms with Crippen molar-refractivity contribution in [1.82, 2.24) is 9.71 Å². The number of hydrogen-bond donors (Lipinski definition) is 1. The Labute approximate surface area is 142 Å². The molecule has 1 aliphatic heterocycles. The second-order valence-electron chi connectivity index (χ2n) is 4.97. The van der Waals surface area contributed by atoms with Gasteiger partial charge in [-0.1, -0.05) is 0 Å². The summed E-state index contributed by atoms with van der Waals surface area (Å²) < 4.78 is 32.4. The molecule has 3 rings (SSSR count). The van der Waals surface area contributed by atoms with Gasteiger partial charge in [-0.05, 0) is 17.9 Å². The molecule has 1 saturated heterocycles. The number of anilines is 1. The van der Waals surface area contributed by atoms with Crippen molar-refractivity contribution >= 4 is 43.8 Å². The summed E-state index contributed by atoms with van der Waals surface area (Å²) in [5.74, 6) is -0.642. The molecule has 1 atom stereocenters. The second-order valence-corrected chi connectivity index (χ2v) is 8.44. The first-order valence-corrected chi connectivity index (χ1v) is 10.1. The fourth-order valence-electron chi connectivity index (χ4n) is 2.44. The Hall–Kier alpha value is -1.49. The zero-order valence-corrected chi connectivity index (χ0v) is 14.7. The maximum absolute atomic E-state index is 12.5. The van der Waals surface area contributed by atoms with Gasteiger partial charge in [-0.25, -0.2) is 22.9 Å². The minimum absolute atomic E-state index is 0.0259. The molecular weight excluding hydrogens is 358 g/mol. The minimum atomic E-state index is -3.76. The lowest BCUT2D eigenvalue weighted by Crippen LogP contribution is -2.37. The Morgan fingerprint density at radius 3 is 2.96 bits per heavy atom. The van der Waals surface area contributed by atoms with Crippen LogP contribution in [0.5, 0.6) is 0 Å². The number of carbonyl (C=O) groups excluding carboxylic acids is 1. The number of esters is 1. The van der Waals surface area contributed by atoms with Gasteiger partial charge in [0, 0.05) is 30.7 Å². The van der Waals surface area contributed by atoms with Gasteiger partial charge in [-0.3, -0.25) is 0 Å². The molecule has 2 aromatic heterocycles. The lowest BCUT2D eigenvalue weighted by molar-refractivity contribution is 0.0602. The third kappa shape index (κ3) is 3.39. The maximum atomic E-state index is 12.5. The summed E-state index contributed by atoms with van der Waals surface area (Å²) in [7, 11) is -2.53. The van der Waals surface area contributed by atoms with Gasteiger partial charge in [0.15, 0.2) is 5.13 Å². The zero-order chi connectivity index (χ0) is 16.4. The van der Waals surface area contributed by atoms with Gasteiger partial charge in [0.2, 0.25) is 10.0 Å². The molecule has 2 aromatic rings. The van der Waals surface area contributed by atoms with Crippen LogP contribution in [0.3, 0.4) is 0 Å². The highest BCUT2D eigenvalue weighted by atomic mass is 32.2. The Kier molecular flexibility index (Phi) is 4.67. The quantitative estimate of drug-likeness (QED) is 0.800. The van der Waals surface area contributed by atoms with Crippen molar-refractivity contribution in [3.63, 3.8) is 0 Å². The minimum Gasteiger partial charge on any atom is -0.465 e. The first-order chi connectivity index (χ1) is 11.0. The summed E-state index contributed by atoms with van der Waals surface area (Å²) >= 11 is 2.58. The molecule has 1 aliphatic rings. The fraction of sp³-hybridized carbons (Fsp3) is 0.385. The number of hydrogen-bond acceptors (Lipinski definition) is 8. The Balaban J connectivity index is 1.73. The van der Waals surface area contributed by atoms with Gasteiger partial charge < -0.3 is 9.64 Å². The third-order valence-electron chi connectivity index (χ3n) is 3.49. The van der Waals surface area contributed by atoms with Crippen LogP contribution in [-0.2, 0) is 14.8 Å². The molecule has 124 valence electrons. The predicted molar refractivity (Wildman–Crippen MR) is 88.7 cm³/mol. The van der Waals surface area contributed by atoms with Crippen LogP contribution in [0, 0.1) is 0 Å². The van der Waals surface area contributed by atoms with E-state index in [0.29, 0.717) is 13.0 Å². The van der Waals surface area contributed by atoms with Crippen LogP contribution in [0.25, 0.3) is 0 Å². The number of aromatic nitrogens is 1. The van der Waals surface area contributed by atoms with E-state index in [-0.39, 0.29) is 15.8 Å². The number of nitrogens with zero attached hydrogens (tertiary/aromatic N) is 2. The lowest BCUT2D eigenvalue weighted by atomic mass is 10.3. The van der Waals surface area contributed by atoms with Crippen molar-refractivity contribution < 1.29 is 17.9 Å². The molecule has 0 aromatic carbocycles. The lowest BCUT2D eigenvalue weighted by Gasteiger charge is -2.16. The van der Waals surface area contributed by atoms with Crippen molar-refractivity contribution in [1.29, 1.82) is 0 Å². The van der Waals surface area contributed by atoms with Crippen LogP contribution in [0.1, 0.15) is 16.1 Å². The molecule has 7 nitrogen and oxygen atoms in total. The van der Waals surface area contributed by atoms with Crippen LogP contribution in [0.2, 0.25) is 0 Å². The van der Waals surface area contributed by atoms with E-state index in [1.807, 2.05) is 10.3 Å². The van der Waals surface area contributed by atoms with E-state index in [0.717, 1.165) is 23.0 Å². The van der Waals surface area contributed by atoms with Crippen LogP contribution in [-0.4, -0.2) is 45.6 Å². The SMILES string of the molecule is COC(=O)c1sccc1S(=O)(=O)NC1CCN(c2nccs2)C1. The van der Waals surface area contributed by atoms with E-state index in [4.69, 9.17) is 0 Å². The molecule has 3 heterocycles. The van der Waals surface area contributed by atoms with E-state index >= 15 is 0 Å². The number of carbonyl (C=O) groups is 1. The normalized spacial score (nSPS) is 18.3. The van der Waals surface area contributed by atoms with Crippen molar-refractivity contribution in [2.45, 2.75) is 17.4 Å². The van der Waals surface area contributed by atoms with Crippen LogP contribution in [0.4, 0.5) is 5.13 Å². The van der Waals surface area contributed by atoms with Gasteiger partial charge in [0.05, 0.1) is 7.11 Å². The second kappa shape index (κ2) is 6.56. The molecule has 10 heteroatoms. The topological polar surface area (TPSA) is 88.6 Å². The van der Waals surface area contributed by atoms with Crippen molar-refractivity contribution in [2.24, 2.45) is 0 Å². The molecule has 0 spiro atoms. The highest BCUT2D eigenvalue weighted by Gasteiger charge is 2.31. The van der Waals surface area contributed by atoms with Gasteiger partial charge >= 0.3 is 5.97 Å².